The van der Waals surface area contributed by atoms with Gasteiger partial charge in [-0.15, -0.1) is 0 Å². The van der Waals surface area contributed by atoms with Gasteiger partial charge in [0.05, 0.1) is 11.4 Å². The fourth-order valence-corrected chi connectivity index (χ4v) is 3.01. The monoisotopic (exact) mass is 348 g/mol. The van der Waals surface area contributed by atoms with Crippen molar-refractivity contribution in [1.29, 1.82) is 0 Å². The second-order valence-corrected chi connectivity index (χ2v) is 7.02. The smallest absolute Gasteiger partial charge is 0.0561 e. The second kappa shape index (κ2) is 9.18. The van der Waals surface area contributed by atoms with E-state index in [2.05, 4.69) is 83.4 Å². The van der Waals surface area contributed by atoms with Crippen LogP contribution in [-0.4, -0.2) is 11.4 Å². The van der Waals surface area contributed by atoms with E-state index in [1.807, 2.05) is 0 Å². The van der Waals surface area contributed by atoms with Crippen molar-refractivity contribution in [2.24, 2.45) is 10.2 Å². The molecule has 2 aromatic carbocycles. The number of hydrogen-bond acceptors (Lipinski definition) is 4. The zero-order valence-corrected chi connectivity index (χ0v) is 15.8. The highest BCUT2D eigenvalue weighted by molar-refractivity contribution is 5.90. The van der Waals surface area contributed by atoms with Crippen LogP contribution in [0.1, 0.15) is 49.7 Å². The van der Waals surface area contributed by atoms with Crippen LogP contribution in [0.4, 0.5) is 11.4 Å². The molecule has 0 atom stereocenters. The number of aryl methyl sites for hydroxylation is 2. The first-order valence-corrected chi connectivity index (χ1v) is 9.45. The molecule has 4 heteroatoms. The van der Waals surface area contributed by atoms with Gasteiger partial charge in [0.1, 0.15) is 0 Å². The van der Waals surface area contributed by atoms with Gasteiger partial charge >= 0.3 is 0 Å². The molecular weight excluding hydrogens is 320 g/mol. The number of hydrazone groups is 2. The number of anilines is 2. The third kappa shape index (κ3) is 5.73. The number of hydrogen-bond donors (Lipinski definition) is 2. The lowest BCUT2D eigenvalue weighted by atomic mass is 9.98. The topological polar surface area (TPSA) is 48.8 Å². The highest BCUT2D eigenvalue weighted by Gasteiger charge is 2.09. The van der Waals surface area contributed by atoms with Gasteiger partial charge in [0, 0.05) is 11.4 Å². The summed E-state index contributed by atoms with van der Waals surface area (Å²) in [6, 6.07) is 16.7. The minimum absolute atomic E-state index is 1.03. The Bertz CT molecular complexity index is 678. The molecule has 0 saturated heterocycles. The number of nitrogens with one attached hydrogen (secondary N) is 2. The molecule has 1 saturated carbocycles. The third-order valence-electron chi connectivity index (χ3n) is 4.65. The molecule has 1 aliphatic rings. The minimum atomic E-state index is 1.03. The first-order valence-electron chi connectivity index (χ1n) is 9.45. The molecule has 1 aliphatic carbocycles. The Morgan fingerprint density at radius 2 is 0.923 bits per heavy atom. The van der Waals surface area contributed by atoms with Crippen LogP contribution in [0.5, 0.6) is 0 Å². The van der Waals surface area contributed by atoms with E-state index in [0.29, 0.717) is 0 Å². The van der Waals surface area contributed by atoms with Crippen molar-refractivity contribution in [2.75, 3.05) is 10.9 Å². The molecular formula is C22H28N4. The number of rotatable bonds is 4. The summed E-state index contributed by atoms with van der Waals surface area (Å²) in [5.41, 5.74) is 13.5. The van der Waals surface area contributed by atoms with Gasteiger partial charge < -0.3 is 0 Å². The molecule has 2 aromatic rings. The van der Waals surface area contributed by atoms with Gasteiger partial charge in [-0.25, -0.2) is 0 Å². The highest BCUT2D eigenvalue weighted by atomic mass is 15.3. The Morgan fingerprint density at radius 3 is 1.27 bits per heavy atom. The van der Waals surface area contributed by atoms with Gasteiger partial charge in [-0.1, -0.05) is 35.4 Å². The van der Waals surface area contributed by atoms with Crippen molar-refractivity contribution in [3.8, 4) is 0 Å². The lowest BCUT2D eigenvalue weighted by molar-refractivity contribution is 0.798. The van der Waals surface area contributed by atoms with Gasteiger partial charge in [0.15, 0.2) is 0 Å². The molecule has 3 rings (SSSR count). The molecule has 1 fully saturated rings. The lowest BCUT2D eigenvalue weighted by Gasteiger charge is -2.14. The van der Waals surface area contributed by atoms with Gasteiger partial charge in [-0.05, 0) is 76.6 Å². The lowest BCUT2D eigenvalue weighted by Crippen LogP contribution is -2.11. The highest BCUT2D eigenvalue weighted by Crippen LogP contribution is 2.16. The summed E-state index contributed by atoms with van der Waals surface area (Å²) in [7, 11) is 0. The van der Waals surface area contributed by atoms with Crippen molar-refractivity contribution in [1.82, 2.24) is 0 Å². The van der Waals surface area contributed by atoms with Crippen molar-refractivity contribution >= 4 is 22.8 Å². The first kappa shape index (κ1) is 18.2. The van der Waals surface area contributed by atoms with Crippen LogP contribution in [0, 0.1) is 13.8 Å². The maximum Gasteiger partial charge on any atom is 0.0561 e. The Labute approximate surface area is 156 Å². The van der Waals surface area contributed by atoms with Crippen molar-refractivity contribution < 1.29 is 0 Å². The Hall–Kier alpha value is -2.62. The Balaban J connectivity index is 1.50. The summed E-state index contributed by atoms with van der Waals surface area (Å²) < 4.78 is 0. The van der Waals surface area contributed by atoms with Gasteiger partial charge in [0.2, 0.25) is 0 Å². The van der Waals surface area contributed by atoms with Crippen LogP contribution >= 0.6 is 0 Å². The van der Waals surface area contributed by atoms with E-state index < -0.39 is 0 Å². The summed E-state index contributed by atoms with van der Waals surface area (Å²) in [4.78, 5) is 0. The van der Waals surface area contributed by atoms with Gasteiger partial charge in [0.25, 0.3) is 0 Å². The normalized spacial score (nSPS) is 15.0. The SMILES string of the molecule is Cc1ccc(NN=C2CCCC(=NNc3ccc(C)cc3)CCC2)cc1. The van der Waals surface area contributed by atoms with Crippen LogP contribution in [0.3, 0.4) is 0 Å². The van der Waals surface area contributed by atoms with E-state index in [1.54, 1.807) is 0 Å². The number of nitrogens with zero attached hydrogens (tertiary/aromatic N) is 2. The van der Waals surface area contributed by atoms with Crippen molar-refractivity contribution in [3.05, 3.63) is 59.7 Å². The zero-order valence-electron chi connectivity index (χ0n) is 15.8. The predicted molar refractivity (Wildman–Crippen MR) is 112 cm³/mol. The molecule has 2 N–H and O–H groups in total. The predicted octanol–water partition coefficient (Wildman–Crippen LogP) is 5.89. The van der Waals surface area contributed by atoms with Crippen molar-refractivity contribution in [2.45, 2.75) is 52.4 Å². The van der Waals surface area contributed by atoms with E-state index in [-0.39, 0.29) is 0 Å². The van der Waals surface area contributed by atoms with Crippen LogP contribution in [0.15, 0.2) is 58.7 Å². The zero-order chi connectivity index (χ0) is 18.2. The molecule has 4 nitrogen and oxygen atoms in total. The maximum atomic E-state index is 4.62. The van der Waals surface area contributed by atoms with Crippen molar-refractivity contribution in [3.63, 3.8) is 0 Å². The molecule has 0 aliphatic heterocycles. The third-order valence-corrected chi connectivity index (χ3v) is 4.65. The fraction of sp³-hybridized carbons (Fsp3) is 0.364. The average molecular weight is 348 g/mol. The van der Waals surface area contributed by atoms with Crippen LogP contribution in [-0.2, 0) is 0 Å². The Kier molecular flexibility index (Phi) is 6.42. The first-order chi connectivity index (χ1) is 12.7. The van der Waals surface area contributed by atoms with Crippen LogP contribution in [0.25, 0.3) is 0 Å². The number of benzene rings is 2. The molecule has 26 heavy (non-hydrogen) atoms. The molecule has 0 bridgehead atoms. The standard InChI is InChI=1S/C22H28N4/c1-17-9-13-21(14-10-17)25-23-19-5-3-7-20(8-4-6-19)24-26-22-15-11-18(2)12-16-22/h9-16,25-26H,3-8H2,1-2H3. The molecule has 0 heterocycles. The van der Waals surface area contributed by atoms with Gasteiger partial charge in [-0.2, -0.15) is 10.2 Å². The minimum Gasteiger partial charge on any atom is -0.279 e. The summed E-state index contributed by atoms with van der Waals surface area (Å²) in [5.74, 6) is 0. The molecule has 0 amide bonds. The summed E-state index contributed by atoms with van der Waals surface area (Å²) in [6.07, 6.45) is 6.32. The average Bonchev–Trinajstić information content (AvgIpc) is 2.63. The molecule has 0 aromatic heterocycles. The maximum absolute atomic E-state index is 4.62. The largest absolute Gasteiger partial charge is 0.279 e. The summed E-state index contributed by atoms with van der Waals surface area (Å²) in [5, 5.41) is 9.25. The van der Waals surface area contributed by atoms with Gasteiger partial charge in [-0.3, -0.25) is 10.9 Å². The van der Waals surface area contributed by atoms with Crippen LogP contribution in [0.2, 0.25) is 0 Å². The van der Waals surface area contributed by atoms with E-state index in [9.17, 15) is 0 Å². The molecule has 136 valence electrons. The molecule has 0 unspecified atom stereocenters. The van der Waals surface area contributed by atoms with E-state index in [1.165, 1.54) is 22.6 Å². The Morgan fingerprint density at radius 1 is 0.577 bits per heavy atom. The van der Waals surface area contributed by atoms with E-state index >= 15 is 0 Å². The molecule has 0 radical (unpaired) electrons. The van der Waals surface area contributed by atoms with E-state index in [4.69, 9.17) is 0 Å². The summed E-state index contributed by atoms with van der Waals surface area (Å²) >= 11 is 0. The van der Waals surface area contributed by atoms with E-state index in [0.717, 1.165) is 49.9 Å². The second-order valence-electron chi connectivity index (χ2n) is 7.02. The summed E-state index contributed by atoms with van der Waals surface area (Å²) in [6.45, 7) is 4.19. The fourth-order valence-electron chi connectivity index (χ4n) is 3.01. The quantitative estimate of drug-likeness (QED) is 0.676. The van der Waals surface area contributed by atoms with Crippen LogP contribution < -0.4 is 10.9 Å². The molecule has 0 spiro atoms.